The predicted octanol–water partition coefficient (Wildman–Crippen LogP) is 1.22. The minimum atomic E-state index is -1.00. The lowest BCUT2D eigenvalue weighted by Crippen LogP contribution is -2.53. The summed E-state index contributed by atoms with van der Waals surface area (Å²) in [5.74, 6) is -1.35. The molecule has 1 saturated carbocycles. The van der Waals surface area contributed by atoms with Crippen molar-refractivity contribution in [2.45, 2.75) is 44.2 Å². The number of amides is 4. The van der Waals surface area contributed by atoms with Crippen molar-refractivity contribution >= 4 is 46.1 Å². The number of nitrogens with one attached hydrogen (secondary N) is 4. The number of benzene rings is 1. The first-order valence-corrected chi connectivity index (χ1v) is 11.7. The Balaban J connectivity index is 1.47. The molecular formula is C23H28ClN5O5. The number of carbonyl (C=O) groups is 4. The number of hydrogen-bond donors (Lipinski definition) is 5. The van der Waals surface area contributed by atoms with Crippen LogP contribution >= 0.6 is 11.6 Å². The van der Waals surface area contributed by atoms with E-state index in [0.717, 1.165) is 12.8 Å². The lowest BCUT2D eigenvalue weighted by atomic mass is 9.97. The third kappa shape index (κ3) is 5.44. The number of halogens is 1. The minimum Gasteiger partial charge on any atom is -0.497 e. The van der Waals surface area contributed by atoms with Gasteiger partial charge in [0, 0.05) is 23.9 Å². The van der Waals surface area contributed by atoms with Gasteiger partial charge in [-0.15, -0.1) is 0 Å². The number of primary amides is 1. The third-order valence-corrected chi connectivity index (χ3v) is 6.66. The van der Waals surface area contributed by atoms with Crippen molar-refractivity contribution < 1.29 is 23.9 Å². The number of aromatic amines is 1. The molecule has 4 amide bonds. The van der Waals surface area contributed by atoms with E-state index >= 15 is 0 Å². The molecular weight excluding hydrogens is 462 g/mol. The number of carbonyl (C=O) groups excluding carboxylic acids is 4. The molecule has 34 heavy (non-hydrogen) atoms. The van der Waals surface area contributed by atoms with Gasteiger partial charge in [0.25, 0.3) is 5.91 Å². The van der Waals surface area contributed by atoms with Crippen LogP contribution in [0.3, 0.4) is 0 Å². The summed E-state index contributed by atoms with van der Waals surface area (Å²) >= 11 is 6.28. The van der Waals surface area contributed by atoms with Crippen LogP contribution < -0.4 is 26.4 Å². The molecule has 0 spiro atoms. The van der Waals surface area contributed by atoms with Crippen molar-refractivity contribution in [1.29, 1.82) is 0 Å². The van der Waals surface area contributed by atoms with E-state index in [2.05, 4.69) is 20.9 Å². The first kappa shape index (κ1) is 23.9. The van der Waals surface area contributed by atoms with E-state index < -0.39 is 29.8 Å². The fourth-order valence-corrected chi connectivity index (χ4v) is 4.51. The highest BCUT2D eigenvalue weighted by Gasteiger charge is 2.35. The molecule has 2 fully saturated rings. The quantitative estimate of drug-likeness (QED) is 0.339. The number of rotatable bonds is 10. The second kappa shape index (κ2) is 9.92. The molecule has 1 aromatic carbocycles. The van der Waals surface area contributed by atoms with Crippen LogP contribution in [0.1, 0.15) is 42.6 Å². The van der Waals surface area contributed by atoms with E-state index in [9.17, 15) is 19.2 Å². The average molecular weight is 490 g/mol. The Morgan fingerprint density at radius 1 is 1.15 bits per heavy atom. The molecule has 182 valence electrons. The fraction of sp³-hybridized carbons (Fsp3) is 0.478. The molecule has 1 aliphatic heterocycles. The summed E-state index contributed by atoms with van der Waals surface area (Å²) in [6.45, 7) is 0.531. The predicted molar refractivity (Wildman–Crippen MR) is 125 cm³/mol. The van der Waals surface area contributed by atoms with Crippen LogP contribution in [-0.2, 0) is 14.4 Å². The number of H-pyrrole nitrogens is 1. The number of methoxy groups -OCH3 is 1. The monoisotopic (exact) mass is 489 g/mol. The first-order valence-electron chi connectivity index (χ1n) is 11.3. The van der Waals surface area contributed by atoms with E-state index in [0.29, 0.717) is 47.0 Å². The van der Waals surface area contributed by atoms with Gasteiger partial charge in [0.05, 0.1) is 17.6 Å². The Morgan fingerprint density at radius 2 is 1.91 bits per heavy atom. The molecule has 0 bridgehead atoms. The van der Waals surface area contributed by atoms with Crippen molar-refractivity contribution in [2.24, 2.45) is 17.6 Å². The maximum Gasteiger partial charge on any atom is 0.268 e. The molecule has 0 radical (unpaired) electrons. The Hall–Kier alpha value is -3.27. The number of aromatic nitrogens is 1. The van der Waals surface area contributed by atoms with Crippen molar-refractivity contribution in [1.82, 2.24) is 20.9 Å². The van der Waals surface area contributed by atoms with Gasteiger partial charge in [0.2, 0.25) is 17.7 Å². The Labute approximate surface area is 201 Å². The van der Waals surface area contributed by atoms with Gasteiger partial charge >= 0.3 is 0 Å². The molecule has 1 aromatic heterocycles. The van der Waals surface area contributed by atoms with Crippen LogP contribution in [0.5, 0.6) is 5.75 Å². The fourth-order valence-electron chi connectivity index (χ4n) is 4.24. The van der Waals surface area contributed by atoms with Gasteiger partial charge in [-0.25, -0.2) is 0 Å². The minimum absolute atomic E-state index is 0.124. The maximum atomic E-state index is 13.1. The van der Waals surface area contributed by atoms with Crippen molar-refractivity contribution in [3.05, 3.63) is 28.9 Å². The van der Waals surface area contributed by atoms with E-state index in [1.165, 1.54) is 7.11 Å². The summed E-state index contributed by atoms with van der Waals surface area (Å²) in [6, 6.07) is 3.17. The van der Waals surface area contributed by atoms with E-state index in [1.807, 2.05) is 0 Å². The van der Waals surface area contributed by atoms with Gasteiger partial charge in [-0.2, -0.15) is 0 Å². The molecule has 2 heterocycles. The molecule has 0 unspecified atom stereocenters. The summed E-state index contributed by atoms with van der Waals surface area (Å²) in [6.07, 6.45) is 3.10. The van der Waals surface area contributed by atoms with Gasteiger partial charge in [0.1, 0.15) is 23.5 Å². The second-order valence-corrected chi connectivity index (χ2v) is 9.34. The van der Waals surface area contributed by atoms with Crippen LogP contribution in [0.4, 0.5) is 0 Å². The van der Waals surface area contributed by atoms with Crippen LogP contribution in [-0.4, -0.2) is 54.4 Å². The Morgan fingerprint density at radius 3 is 2.53 bits per heavy atom. The summed E-state index contributed by atoms with van der Waals surface area (Å²) in [5, 5.41) is 9.23. The Bertz CT molecular complexity index is 1130. The molecule has 2 aromatic rings. The zero-order chi connectivity index (χ0) is 24.4. The van der Waals surface area contributed by atoms with Crippen molar-refractivity contribution in [2.75, 3.05) is 13.7 Å². The van der Waals surface area contributed by atoms with Crippen LogP contribution in [0.15, 0.2) is 18.2 Å². The van der Waals surface area contributed by atoms with Gasteiger partial charge in [-0.05, 0) is 37.3 Å². The SMILES string of the molecule is COc1cc(Cl)c2[nH]c(C(=O)N[C@@H](CC3CC3)C(=O)N[C@@H](C[C@@H]3CCNC3=O)C(N)=O)cc2c1. The van der Waals surface area contributed by atoms with Gasteiger partial charge in [-0.1, -0.05) is 24.4 Å². The first-order chi connectivity index (χ1) is 16.2. The number of fused-ring (bicyclic) bond motifs is 1. The topological polar surface area (TPSA) is 155 Å². The largest absolute Gasteiger partial charge is 0.497 e. The number of ether oxygens (including phenoxy) is 1. The van der Waals surface area contributed by atoms with E-state index in [4.69, 9.17) is 22.1 Å². The second-order valence-electron chi connectivity index (χ2n) is 8.94. The van der Waals surface area contributed by atoms with E-state index in [-0.39, 0.29) is 23.9 Å². The zero-order valence-corrected chi connectivity index (χ0v) is 19.5. The van der Waals surface area contributed by atoms with Crippen LogP contribution in [0, 0.1) is 11.8 Å². The normalized spacial score (nSPS) is 19.4. The summed E-state index contributed by atoms with van der Waals surface area (Å²) in [4.78, 5) is 52.9. The summed E-state index contributed by atoms with van der Waals surface area (Å²) in [7, 11) is 1.53. The lowest BCUT2D eigenvalue weighted by Gasteiger charge is -2.23. The molecule has 2 aliphatic rings. The summed E-state index contributed by atoms with van der Waals surface area (Å²) in [5.41, 5.74) is 6.32. The third-order valence-electron chi connectivity index (χ3n) is 6.36. The summed E-state index contributed by atoms with van der Waals surface area (Å²) < 4.78 is 5.22. The van der Waals surface area contributed by atoms with Gasteiger partial charge in [0.15, 0.2) is 0 Å². The van der Waals surface area contributed by atoms with Gasteiger partial charge in [-0.3, -0.25) is 19.2 Å². The highest BCUT2D eigenvalue weighted by Crippen LogP contribution is 2.34. The van der Waals surface area contributed by atoms with Crippen LogP contribution in [0.2, 0.25) is 5.02 Å². The number of nitrogens with two attached hydrogens (primary N) is 1. The highest BCUT2D eigenvalue weighted by molar-refractivity contribution is 6.35. The molecule has 4 rings (SSSR count). The van der Waals surface area contributed by atoms with Crippen molar-refractivity contribution in [3.63, 3.8) is 0 Å². The number of hydrogen-bond acceptors (Lipinski definition) is 5. The Kier molecular flexibility index (Phi) is 6.97. The maximum absolute atomic E-state index is 13.1. The molecule has 10 nitrogen and oxygen atoms in total. The van der Waals surface area contributed by atoms with E-state index in [1.54, 1.807) is 18.2 Å². The van der Waals surface area contributed by atoms with Gasteiger partial charge < -0.3 is 31.4 Å². The standard InChI is InChI=1S/C23H28ClN5O5/c1-34-14-7-13-9-18(27-19(13)15(24)10-14)23(33)29-17(6-11-2-3-11)22(32)28-16(20(25)30)8-12-4-5-26-21(12)31/h7,9-12,16-17,27H,2-6,8H2,1H3,(H2,25,30)(H,26,31)(H,28,32)(H,29,33)/t12-,16-,17-/m0/s1. The smallest absolute Gasteiger partial charge is 0.268 e. The van der Waals surface area contributed by atoms with Crippen LogP contribution in [0.25, 0.3) is 10.9 Å². The lowest BCUT2D eigenvalue weighted by molar-refractivity contribution is -0.130. The molecule has 6 N–H and O–H groups in total. The highest BCUT2D eigenvalue weighted by atomic mass is 35.5. The molecule has 3 atom stereocenters. The zero-order valence-electron chi connectivity index (χ0n) is 18.8. The average Bonchev–Trinajstić information content (AvgIpc) is 3.35. The van der Waals surface area contributed by atoms with Crippen molar-refractivity contribution in [3.8, 4) is 5.75 Å². The molecule has 1 aliphatic carbocycles. The molecule has 1 saturated heterocycles. The molecule has 11 heteroatoms.